The average molecular weight is 406 g/mol. The van der Waals surface area contributed by atoms with Crippen molar-refractivity contribution in [2.24, 2.45) is 0 Å². The molecule has 4 nitrogen and oxygen atoms in total. The third-order valence-corrected chi connectivity index (χ3v) is 4.80. The first-order valence-electron chi connectivity index (χ1n) is 8.97. The Morgan fingerprint density at radius 2 is 2.04 bits per heavy atom. The van der Waals surface area contributed by atoms with Gasteiger partial charge in [0.05, 0.1) is 0 Å². The van der Waals surface area contributed by atoms with E-state index in [0.717, 1.165) is 11.1 Å². The Hall–Kier alpha value is -2.53. The number of amides is 1. The lowest BCUT2D eigenvalue weighted by molar-refractivity contribution is -0.122. The maximum Gasteiger partial charge on any atom is 0.257 e. The van der Waals surface area contributed by atoms with E-state index in [4.69, 9.17) is 16.3 Å². The van der Waals surface area contributed by atoms with E-state index < -0.39 is 5.82 Å². The van der Waals surface area contributed by atoms with Gasteiger partial charge in [-0.3, -0.25) is 4.79 Å². The molecule has 2 rings (SSSR count). The van der Waals surface area contributed by atoms with Crippen LogP contribution in [0.25, 0.3) is 5.57 Å². The Bertz CT molecular complexity index is 909. The van der Waals surface area contributed by atoms with Crippen molar-refractivity contribution in [2.75, 3.05) is 13.7 Å². The Balaban J connectivity index is 2.45. The highest BCUT2D eigenvalue weighted by Gasteiger charge is 2.19. The lowest BCUT2D eigenvalue weighted by atomic mass is 9.92. The van der Waals surface area contributed by atoms with Gasteiger partial charge < -0.3 is 15.2 Å². The van der Waals surface area contributed by atoms with Crippen LogP contribution in [0.15, 0.2) is 30.8 Å². The number of benzene rings is 2. The van der Waals surface area contributed by atoms with Gasteiger partial charge in [0.25, 0.3) is 5.91 Å². The van der Waals surface area contributed by atoms with Crippen molar-refractivity contribution in [1.82, 2.24) is 5.32 Å². The SMILES string of the molecule is C=C(C)c1cc(OCC(=O)NC)cc(Cl)c1Cc1ccc(O)c(C(C)C)c1F. The number of phenolic OH excluding ortho intramolecular Hbond substituents is 1. The summed E-state index contributed by atoms with van der Waals surface area (Å²) in [6, 6.07) is 6.41. The minimum atomic E-state index is -0.432. The van der Waals surface area contributed by atoms with Crippen LogP contribution in [0.1, 0.15) is 48.9 Å². The number of rotatable bonds is 7. The van der Waals surface area contributed by atoms with Crippen LogP contribution in [-0.4, -0.2) is 24.7 Å². The fraction of sp³-hybridized carbons (Fsp3) is 0.318. The molecule has 0 spiro atoms. The van der Waals surface area contributed by atoms with Crippen molar-refractivity contribution < 1.29 is 19.0 Å². The minimum absolute atomic E-state index is 0.0552. The van der Waals surface area contributed by atoms with Crippen molar-refractivity contribution in [3.63, 3.8) is 0 Å². The number of ether oxygens (including phenoxy) is 1. The summed E-state index contributed by atoms with van der Waals surface area (Å²) in [5.74, 6) is -0.468. The van der Waals surface area contributed by atoms with Crippen molar-refractivity contribution >= 4 is 23.1 Å². The number of halogens is 2. The van der Waals surface area contributed by atoms with Crippen molar-refractivity contribution in [3.8, 4) is 11.5 Å². The molecule has 0 atom stereocenters. The van der Waals surface area contributed by atoms with Gasteiger partial charge in [0.1, 0.15) is 17.3 Å². The number of hydrogen-bond donors (Lipinski definition) is 2. The van der Waals surface area contributed by atoms with Gasteiger partial charge in [-0.25, -0.2) is 4.39 Å². The Morgan fingerprint density at radius 1 is 1.36 bits per heavy atom. The second kappa shape index (κ2) is 9.11. The van der Waals surface area contributed by atoms with Crippen LogP contribution in [0, 0.1) is 5.82 Å². The first kappa shape index (κ1) is 21.8. The zero-order valence-electron chi connectivity index (χ0n) is 16.5. The Labute approximate surface area is 170 Å². The molecule has 0 aliphatic carbocycles. The quantitative estimate of drug-likeness (QED) is 0.677. The van der Waals surface area contributed by atoms with E-state index in [1.54, 1.807) is 18.2 Å². The molecule has 0 fully saturated rings. The van der Waals surface area contributed by atoms with E-state index in [-0.39, 0.29) is 36.2 Å². The molecule has 1 amide bonds. The van der Waals surface area contributed by atoms with Gasteiger partial charge in [0, 0.05) is 24.1 Å². The number of aromatic hydroxyl groups is 1. The lowest BCUT2D eigenvalue weighted by Crippen LogP contribution is -2.24. The standard InChI is InChI=1S/C22H25ClFNO3/c1-12(2)16-9-15(28-11-20(27)25-5)10-18(23)17(16)8-14-6-7-19(26)21(13(3)4)22(14)24/h6-7,9-10,13,26H,1,8,11H2,2-5H3,(H,25,27). The molecule has 0 unspecified atom stereocenters. The van der Waals surface area contributed by atoms with E-state index >= 15 is 0 Å². The van der Waals surface area contributed by atoms with E-state index in [9.17, 15) is 14.3 Å². The molecule has 2 aromatic rings. The summed E-state index contributed by atoms with van der Waals surface area (Å²) in [6.45, 7) is 9.32. The third kappa shape index (κ3) is 4.84. The zero-order chi connectivity index (χ0) is 21.0. The first-order chi connectivity index (χ1) is 13.1. The Morgan fingerprint density at radius 3 is 2.61 bits per heavy atom. The number of likely N-dealkylation sites (N-methyl/N-ethyl adjacent to an activating group) is 1. The van der Waals surface area contributed by atoms with Crippen molar-refractivity contribution in [1.29, 1.82) is 0 Å². The first-order valence-corrected chi connectivity index (χ1v) is 9.35. The van der Waals surface area contributed by atoms with Crippen molar-refractivity contribution in [3.05, 3.63) is 63.9 Å². The normalized spacial score (nSPS) is 10.8. The molecule has 0 heterocycles. The molecule has 2 N–H and O–H groups in total. The number of hydrogen-bond acceptors (Lipinski definition) is 3. The molecule has 0 aliphatic heterocycles. The molecular weight excluding hydrogens is 381 g/mol. The molecule has 2 aromatic carbocycles. The van der Waals surface area contributed by atoms with Crippen LogP contribution < -0.4 is 10.1 Å². The van der Waals surface area contributed by atoms with Crippen LogP contribution in [-0.2, 0) is 11.2 Å². The summed E-state index contributed by atoms with van der Waals surface area (Å²) in [5.41, 5.74) is 2.91. The maximum absolute atomic E-state index is 15.0. The number of nitrogens with one attached hydrogen (secondary N) is 1. The average Bonchev–Trinajstić information content (AvgIpc) is 2.62. The van der Waals surface area contributed by atoms with E-state index in [0.29, 0.717) is 21.9 Å². The van der Waals surface area contributed by atoms with Crippen LogP contribution in [0.4, 0.5) is 4.39 Å². The van der Waals surface area contributed by atoms with E-state index in [1.807, 2.05) is 20.8 Å². The second-order valence-electron chi connectivity index (χ2n) is 6.98. The summed E-state index contributed by atoms with van der Waals surface area (Å²) in [6.07, 6.45) is 0.239. The summed E-state index contributed by atoms with van der Waals surface area (Å²) in [7, 11) is 1.53. The predicted octanol–water partition coefficient (Wildman–Crippen LogP) is 5.06. The zero-order valence-corrected chi connectivity index (χ0v) is 17.3. The fourth-order valence-corrected chi connectivity index (χ4v) is 3.26. The summed E-state index contributed by atoms with van der Waals surface area (Å²) in [5, 5.41) is 12.9. The smallest absolute Gasteiger partial charge is 0.257 e. The molecule has 0 saturated heterocycles. The van der Waals surface area contributed by atoms with Crippen LogP contribution in [0.2, 0.25) is 5.02 Å². The van der Waals surface area contributed by atoms with Crippen LogP contribution >= 0.6 is 11.6 Å². The monoisotopic (exact) mass is 405 g/mol. The molecule has 150 valence electrons. The Kier molecular flexibility index (Phi) is 7.08. The maximum atomic E-state index is 15.0. The van der Waals surface area contributed by atoms with E-state index in [2.05, 4.69) is 11.9 Å². The number of phenols is 1. The van der Waals surface area contributed by atoms with Gasteiger partial charge in [-0.1, -0.05) is 43.7 Å². The third-order valence-electron chi connectivity index (χ3n) is 4.46. The molecule has 28 heavy (non-hydrogen) atoms. The lowest BCUT2D eigenvalue weighted by Gasteiger charge is -2.17. The minimum Gasteiger partial charge on any atom is -0.508 e. The fourth-order valence-electron chi connectivity index (χ4n) is 2.98. The summed E-state index contributed by atoms with van der Waals surface area (Å²) < 4.78 is 20.4. The topological polar surface area (TPSA) is 58.6 Å². The second-order valence-corrected chi connectivity index (χ2v) is 7.38. The number of carbonyl (C=O) groups excluding carboxylic acids is 1. The highest BCUT2D eigenvalue weighted by Crippen LogP contribution is 2.35. The summed E-state index contributed by atoms with van der Waals surface area (Å²) >= 11 is 6.47. The molecule has 0 aromatic heterocycles. The highest BCUT2D eigenvalue weighted by molar-refractivity contribution is 6.31. The van der Waals surface area contributed by atoms with Gasteiger partial charge in [0.2, 0.25) is 0 Å². The van der Waals surface area contributed by atoms with Crippen molar-refractivity contribution in [2.45, 2.75) is 33.1 Å². The van der Waals surface area contributed by atoms with Gasteiger partial charge >= 0.3 is 0 Å². The van der Waals surface area contributed by atoms with Gasteiger partial charge in [-0.05, 0) is 47.7 Å². The highest BCUT2D eigenvalue weighted by atomic mass is 35.5. The number of allylic oxidation sites excluding steroid dienone is 1. The largest absolute Gasteiger partial charge is 0.508 e. The van der Waals surface area contributed by atoms with Crippen LogP contribution in [0.3, 0.4) is 0 Å². The molecule has 0 aliphatic rings. The van der Waals surface area contributed by atoms with Gasteiger partial charge in [-0.2, -0.15) is 0 Å². The van der Waals surface area contributed by atoms with Gasteiger partial charge in [0.15, 0.2) is 6.61 Å². The molecule has 6 heteroatoms. The van der Waals surface area contributed by atoms with E-state index in [1.165, 1.54) is 13.1 Å². The molecular formula is C22H25ClFNO3. The predicted molar refractivity (Wildman–Crippen MR) is 111 cm³/mol. The number of carbonyl (C=O) groups is 1. The van der Waals surface area contributed by atoms with Gasteiger partial charge in [-0.15, -0.1) is 0 Å². The molecule has 0 bridgehead atoms. The summed E-state index contributed by atoms with van der Waals surface area (Å²) in [4.78, 5) is 11.4. The molecule has 0 radical (unpaired) electrons. The molecule has 0 saturated carbocycles. The van der Waals surface area contributed by atoms with Crippen LogP contribution in [0.5, 0.6) is 11.5 Å².